The van der Waals surface area contributed by atoms with E-state index in [2.05, 4.69) is 23.2 Å². The van der Waals surface area contributed by atoms with Crippen molar-refractivity contribution in [2.75, 3.05) is 18.0 Å². The largest absolute Gasteiger partial charge is 0.375 e. The summed E-state index contributed by atoms with van der Waals surface area (Å²) in [6, 6.07) is 10.1. The molecule has 2 atom stereocenters. The average Bonchev–Trinajstić information content (AvgIpc) is 3.06. The molecule has 0 saturated carbocycles. The van der Waals surface area contributed by atoms with E-state index >= 15 is 0 Å². The Labute approximate surface area is 150 Å². The van der Waals surface area contributed by atoms with E-state index in [1.54, 1.807) is 0 Å². The van der Waals surface area contributed by atoms with Gasteiger partial charge >= 0.3 is 0 Å². The van der Waals surface area contributed by atoms with Gasteiger partial charge < -0.3 is 15.0 Å². The maximum atomic E-state index is 12.2. The van der Waals surface area contributed by atoms with Crippen LogP contribution in [0.25, 0.3) is 0 Å². The number of carbonyl (C=O) groups excluding carboxylic acids is 1. The number of ether oxygens (including phenoxy) is 1. The van der Waals surface area contributed by atoms with Crippen molar-refractivity contribution >= 4 is 11.6 Å². The Bertz CT molecular complexity index is 615. The highest BCUT2D eigenvalue weighted by Gasteiger charge is 2.24. The molecule has 1 aromatic rings. The van der Waals surface area contributed by atoms with Gasteiger partial charge in [0, 0.05) is 31.2 Å². The van der Waals surface area contributed by atoms with Crippen LogP contribution in [0, 0.1) is 11.3 Å². The lowest BCUT2D eigenvalue weighted by Gasteiger charge is -2.34. The summed E-state index contributed by atoms with van der Waals surface area (Å²) in [6.45, 7) is 3.96. The van der Waals surface area contributed by atoms with Gasteiger partial charge in [-0.05, 0) is 63.3 Å². The molecule has 0 radical (unpaired) electrons. The van der Waals surface area contributed by atoms with E-state index in [4.69, 9.17) is 10.00 Å². The molecule has 0 bridgehead atoms. The van der Waals surface area contributed by atoms with E-state index in [1.807, 2.05) is 24.3 Å². The summed E-state index contributed by atoms with van der Waals surface area (Å²) in [7, 11) is 0. The van der Waals surface area contributed by atoms with E-state index in [9.17, 15) is 4.79 Å². The normalized spacial score (nSPS) is 24.1. The number of rotatable bonds is 5. The Morgan fingerprint density at radius 2 is 1.96 bits per heavy atom. The van der Waals surface area contributed by atoms with Crippen molar-refractivity contribution in [3.63, 3.8) is 0 Å². The van der Waals surface area contributed by atoms with Crippen molar-refractivity contribution in [2.45, 2.75) is 63.7 Å². The van der Waals surface area contributed by atoms with Gasteiger partial charge in [-0.15, -0.1) is 0 Å². The molecule has 2 heterocycles. The van der Waals surface area contributed by atoms with Crippen LogP contribution in [0.5, 0.6) is 0 Å². The van der Waals surface area contributed by atoms with Crippen molar-refractivity contribution in [3.8, 4) is 6.07 Å². The van der Waals surface area contributed by atoms with E-state index in [-0.39, 0.29) is 18.1 Å². The van der Waals surface area contributed by atoms with Crippen molar-refractivity contribution in [1.82, 2.24) is 5.32 Å². The maximum absolute atomic E-state index is 12.2. The molecule has 1 N–H and O–H groups in total. The Kier molecular flexibility index (Phi) is 5.93. The fourth-order valence-electron chi connectivity index (χ4n) is 3.72. The predicted octanol–water partition coefficient (Wildman–Crippen LogP) is 2.99. The minimum Gasteiger partial charge on any atom is -0.375 e. The molecule has 0 unspecified atom stereocenters. The lowest BCUT2D eigenvalue weighted by Crippen LogP contribution is -2.44. The highest BCUT2D eigenvalue weighted by Crippen LogP contribution is 2.23. The van der Waals surface area contributed by atoms with Crippen LogP contribution in [-0.4, -0.2) is 37.2 Å². The zero-order valence-electron chi connectivity index (χ0n) is 14.9. The third-order valence-corrected chi connectivity index (χ3v) is 5.23. The summed E-state index contributed by atoms with van der Waals surface area (Å²) >= 11 is 0. The third-order valence-electron chi connectivity index (χ3n) is 5.23. The topological polar surface area (TPSA) is 65.4 Å². The molecule has 5 nitrogen and oxygen atoms in total. The van der Waals surface area contributed by atoms with Gasteiger partial charge in [-0.3, -0.25) is 4.79 Å². The molecule has 3 rings (SSSR count). The first-order valence-corrected chi connectivity index (χ1v) is 9.34. The summed E-state index contributed by atoms with van der Waals surface area (Å²) in [5.74, 6) is 0.153. The Morgan fingerprint density at radius 3 is 2.56 bits per heavy atom. The van der Waals surface area contributed by atoms with Gasteiger partial charge in [0.2, 0.25) is 5.91 Å². The fourth-order valence-corrected chi connectivity index (χ4v) is 3.72. The van der Waals surface area contributed by atoms with Gasteiger partial charge in [-0.1, -0.05) is 0 Å². The molecule has 5 heteroatoms. The van der Waals surface area contributed by atoms with Crippen molar-refractivity contribution in [2.24, 2.45) is 0 Å². The first-order valence-electron chi connectivity index (χ1n) is 9.34. The maximum Gasteiger partial charge on any atom is 0.220 e. The quantitative estimate of drug-likeness (QED) is 0.894. The second-order valence-corrected chi connectivity index (χ2v) is 7.17. The molecule has 2 aliphatic rings. The third kappa shape index (κ3) is 4.96. The fraction of sp³-hybridized carbons (Fsp3) is 0.600. The second kappa shape index (κ2) is 8.35. The van der Waals surface area contributed by atoms with E-state index in [0.717, 1.165) is 50.9 Å². The van der Waals surface area contributed by atoms with Gasteiger partial charge in [-0.2, -0.15) is 5.26 Å². The summed E-state index contributed by atoms with van der Waals surface area (Å²) in [4.78, 5) is 14.5. The van der Waals surface area contributed by atoms with Crippen molar-refractivity contribution in [3.05, 3.63) is 29.8 Å². The van der Waals surface area contributed by atoms with Crippen LogP contribution in [0.2, 0.25) is 0 Å². The lowest BCUT2D eigenvalue weighted by molar-refractivity contribution is -0.122. The van der Waals surface area contributed by atoms with Gasteiger partial charge in [0.05, 0.1) is 23.8 Å². The van der Waals surface area contributed by atoms with Gasteiger partial charge in [-0.25, -0.2) is 0 Å². The van der Waals surface area contributed by atoms with Crippen LogP contribution in [-0.2, 0) is 9.53 Å². The van der Waals surface area contributed by atoms with Crippen molar-refractivity contribution < 1.29 is 9.53 Å². The van der Waals surface area contributed by atoms with Crippen LogP contribution >= 0.6 is 0 Å². The number of amides is 1. The molecule has 0 spiro atoms. The van der Waals surface area contributed by atoms with E-state index in [0.29, 0.717) is 18.1 Å². The minimum absolute atomic E-state index is 0.153. The number of hydrogen-bond donors (Lipinski definition) is 1. The molecule has 1 aromatic carbocycles. The number of anilines is 1. The first kappa shape index (κ1) is 17.8. The summed E-state index contributed by atoms with van der Waals surface area (Å²) in [5.41, 5.74) is 1.84. The van der Waals surface area contributed by atoms with Gasteiger partial charge in [0.25, 0.3) is 0 Å². The monoisotopic (exact) mass is 341 g/mol. The SMILES string of the molecule is C[C@@H]1CC[C@H](CCC(=O)NC2CCN(c3ccc(C#N)cc3)CC2)O1. The molecule has 134 valence electrons. The summed E-state index contributed by atoms with van der Waals surface area (Å²) < 4.78 is 5.77. The number of nitrogens with one attached hydrogen (secondary N) is 1. The number of piperidine rings is 1. The average molecular weight is 341 g/mol. The van der Waals surface area contributed by atoms with E-state index in [1.165, 1.54) is 0 Å². The highest BCUT2D eigenvalue weighted by molar-refractivity contribution is 5.76. The van der Waals surface area contributed by atoms with Crippen LogP contribution in [0.4, 0.5) is 5.69 Å². The second-order valence-electron chi connectivity index (χ2n) is 7.17. The molecule has 1 amide bonds. The minimum atomic E-state index is 0.153. The Hall–Kier alpha value is -2.06. The number of hydrogen-bond acceptors (Lipinski definition) is 4. The Balaban J connectivity index is 1.38. The highest BCUT2D eigenvalue weighted by atomic mass is 16.5. The van der Waals surface area contributed by atoms with Crippen LogP contribution in [0.1, 0.15) is 51.0 Å². The van der Waals surface area contributed by atoms with Crippen LogP contribution in [0.3, 0.4) is 0 Å². The standard InChI is InChI=1S/C20H27N3O2/c1-15-2-7-19(25-15)8-9-20(24)22-17-10-12-23(13-11-17)18-5-3-16(14-21)4-6-18/h3-6,15,17,19H,2,7-13H2,1H3,(H,22,24)/t15-,19-/m1/s1. The molecule has 2 aliphatic heterocycles. The molecule has 2 saturated heterocycles. The number of carbonyl (C=O) groups is 1. The number of nitriles is 1. The van der Waals surface area contributed by atoms with Gasteiger partial charge in [0.15, 0.2) is 0 Å². The van der Waals surface area contributed by atoms with Crippen LogP contribution in [0.15, 0.2) is 24.3 Å². The van der Waals surface area contributed by atoms with Gasteiger partial charge in [0.1, 0.15) is 0 Å². The summed E-state index contributed by atoms with van der Waals surface area (Å²) in [6.07, 6.45) is 6.12. The molecular formula is C20H27N3O2. The number of benzene rings is 1. The molecule has 2 fully saturated rings. The molecule has 25 heavy (non-hydrogen) atoms. The lowest BCUT2D eigenvalue weighted by atomic mass is 10.0. The van der Waals surface area contributed by atoms with Crippen molar-refractivity contribution in [1.29, 1.82) is 5.26 Å². The first-order chi connectivity index (χ1) is 12.1. The smallest absolute Gasteiger partial charge is 0.220 e. The zero-order valence-corrected chi connectivity index (χ0v) is 14.9. The molecule has 0 aromatic heterocycles. The number of nitrogens with zero attached hydrogens (tertiary/aromatic N) is 2. The van der Waals surface area contributed by atoms with E-state index < -0.39 is 0 Å². The Morgan fingerprint density at radius 1 is 1.24 bits per heavy atom. The molecular weight excluding hydrogens is 314 g/mol. The zero-order chi connectivity index (χ0) is 17.6. The summed E-state index contributed by atoms with van der Waals surface area (Å²) in [5, 5.41) is 12.1. The molecule has 0 aliphatic carbocycles. The predicted molar refractivity (Wildman–Crippen MR) is 97.3 cm³/mol. The van der Waals surface area contributed by atoms with Crippen LogP contribution < -0.4 is 10.2 Å².